The minimum atomic E-state index is -0.643. The number of nitrogens with one attached hydrogen (secondary N) is 2. The van der Waals surface area contributed by atoms with Crippen LogP contribution in [0.15, 0.2) is 30.3 Å². The summed E-state index contributed by atoms with van der Waals surface area (Å²) in [4.78, 5) is 25.2. The molecule has 1 fully saturated rings. The first kappa shape index (κ1) is 24.6. The summed E-state index contributed by atoms with van der Waals surface area (Å²) < 4.78 is 19.7. The van der Waals surface area contributed by atoms with E-state index in [2.05, 4.69) is 20.1 Å². The molecule has 1 atom stereocenters. The number of imidazole rings is 1. The van der Waals surface area contributed by atoms with Crippen LogP contribution >= 0.6 is 0 Å². The monoisotopic (exact) mass is 518 g/mol. The van der Waals surface area contributed by atoms with E-state index in [0.717, 1.165) is 52.1 Å². The molecule has 0 radical (unpaired) electrons. The van der Waals surface area contributed by atoms with Crippen molar-refractivity contribution in [3.8, 4) is 28.4 Å². The van der Waals surface area contributed by atoms with Crippen LogP contribution in [0.2, 0.25) is 0 Å². The molecular formula is C28H31FN6O3. The summed E-state index contributed by atoms with van der Waals surface area (Å²) in [5.74, 6) is -0.199. The Bertz CT molecular complexity index is 1510. The zero-order chi connectivity index (χ0) is 26.4. The van der Waals surface area contributed by atoms with Gasteiger partial charge in [-0.15, -0.1) is 0 Å². The van der Waals surface area contributed by atoms with Crippen LogP contribution < -0.4 is 0 Å². The molecule has 3 N–H and O–H groups in total. The van der Waals surface area contributed by atoms with Crippen LogP contribution in [0.4, 0.5) is 4.39 Å². The molecule has 0 saturated carbocycles. The molecule has 0 bridgehead atoms. The van der Waals surface area contributed by atoms with Crippen molar-refractivity contribution in [2.75, 3.05) is 32.8 Å². The number of H-pyrrole nitrogens is 2. The lowest BCUT2D eigenvalue weighted by molar-refractivity contribution is -0.135. The number of nitrogens with zero attached hydrogens (tertiary/aromatic N) is 4. The lowest BCUT2D eigenvalue weighted by atomic mass is 9.96. The smallest absolute Gasteiger partial charge is 0.237 e. The number of aromatic nitrogens is 4. The molecule has 1 amide bonds. The summed E-state index contributed by atoms with van der Waals surface area (Å²) in [5, 5.41) is 18.3. The van der Waals surface area contributed by atoms with Crippen LogP contribution in [0.25, 0.3) is 33.5 Å². The number of carbonyl (C=O) groups excluding carboxylic acids is 1. The molecular weight excluding hydrogens is 487 g/mol. The number of benzene rings is 2. The fraction of sp³-hybridized carbons (Fsp3) is 0.393. The SMILES string of the molecule is CCc1cc(O)c(F)cc1-c1ccc2c(-c3nc4c([nH]3)CN(C(=O)CN3CCOC(C)C3)CC4)n[nH]c2c1. The van der Waals surface area contributed by atoms with Gasteiger partial charge in [-0.1, -0.05) is 13.0 Å². The minimum Gasteiger partial charge on any atom is -0.505 e. The average molecular weight is 519 g/mol. The highest BCUT2D eigenvalue weighted by atomic mass is 19.1. The van der Waals surface area contributed by atoms with E-state index in [1.807, 2.05) is 36.9 Å². The fourth-order valence-corrected chi connectivity index (χ4v) is 5.48. The quantitative estimate of drug-likeness (QED) is 0.372. The van der Waals surface area contributed by atoms with Gasteiger partial charge in [0.05, 0.1) is 42.7 Å². The fourth-order valence-electron chi connectivity index (χ4n) is 5.48. The molecule has 1 unspecified atom stereocenters. The van der Waals surface area contributed by atoms with Gasteiger partial charge in [0, 0.05) is 31.4 Å². The number of morpholine rings is 1. The van der Waals surface area contributed by atoms with Crippen LogP contribution in [0.3, 0.4) is 0 Å². The third-order valence-electron chi connectivity index (χ3n) is 7.52. The van der Waals surface area contributed by atoms with Gasteiger partial charge in [-0.2, -0.15) is 5.10 Å². The predicted octanol–water partition coefficient (Wildman–Crippen LogP) is 3.63. The molecule has 1 saturated heterocycles. The number of phenols is 1. The normalized spacial score (nSPS) is 18.2. The summed E-state index contributed by atoms with van der Waals surface area (Å²) in [7, 11) is 0. The number of hydrogen-bond donors (Lipinski definition) is 3. The lowest BCUT2D eigenvalue weighted by Gasteiger charge is -2.33. The number of rotatable bonds is 5. The van der Waals surface area contributed by atoms with Crippen molar-refractivity contribution in [2.24, 2.45) is 0 Å². The van der Waals surface area contributed by atoms with Gasteiger partial charge in [-0.25, -0.2) is 9.37 Å². The largest absolute Gasteiger partial charge is 0.505 e. The van der Waals surface area contributed by atoms with E-state index in [0.29, 0.717) is 50.6 Å². The minimum absolute atomic E-state index is 0.121. The van der Waals surface area contributed by atoms with Gasteiger partial charge in [-0.05, 0) is 54.3 Å². The average Bonchev–Trinajstić information content (AvgIpc) is 3.53. The molecule has 38 heavy (non-hydrogen) atoms. The Hall–Kier alpha value is -3.76. The maximum atomic E-state index is 14.1. The Morgan fingerprint density at radius 2 is 2.13 bits per heavy atom. The highest BCUT2D eigenvalue weighted by Gasteiger charge is 2.27. The summed E-state index contributed by atoms with van der Waals surface area (Å²) in [6, 6.07) is 8.68. The van der Waals surface area contributed by atoms with Crippen molar-refractivity contribution < 1.29 is 19.0 Å². The zero-order valence-corrected chi connectivity index (χ0v) is 21.6. The Labute approximate surface area is 219 Å². The van der Waals surface area contributed by atoms with Gasteiger partial charge in [0.15, 0.2) is 17.4 Å². The molecule has 4 heterocycles. The van der Waals surface area contributed by atoms with Crippen LogP contribution in [-0.2, 0) is 28.9 Å². The van der Waals surface area contributed by atoms with E-state index in [9.17, 15) is 14.3 Å². The molecule has 2 aromatic heterocycles. The van der Waals surface area contributed by atoms with Crippen molar-refractivity contribution >= 4 is 16.8 Å². The van der Waals surface area contributed by atoms with Crippen LogP contribution in [0, 0.1) is 5.82 Å². The molecule has 4 aromatic rings. The number of halogens is 1. The second-order valence-electron chi connectivity index (χ2n) is 10.1. The molecule has 6 rings (SSSR count). The number of aryl methyl sites for hydroxylation is 1. The first-order valence-electron chi connectivity index (χ1n) is 13.1. The third-order valence-corrected chi connectivity index (χ3v) is 7.52. The Morgan fingerprint density at radius 1 is 1.26 bits per heavy atom. The van der Waals surface area contributed by atoms with Crippen LogP contribution in [-0.4, -0.2) is 79.9 Å². The third kappa shape index (κ3) is 4.54. The first-order chi connectivity index (χ1) is 18.4. The Morgan fingerprint density at radius 3 is 2.95 bits per heavy atom. The summed E-state index contributed by atoms with van der Waals surface area (Å²) >= 11 is 0. The maximum absolute atomic E-state index is 14.1. The number of phenolic OH excluding ortho intramolecular Hbond substituents is 1. The van der Waals surface area contributed by atoms with Gasteiger partial charge >= 0.3 is 0 Å². The Balaban J connectivity index is 1.22. The molecule has 0 spiro atoms. The van der Waals surface area contributed by atoms with E-state index >= 15 is 0 Å². The van der Waals surface area contributed by atoms with E-state index < -0.39 is 5.82 Å². The molecule has 2 aromatic carbocycles. The molecule has 9 nitrogen and oxygen atoms in total. The van der Waals surface area contributed by atoms with Crippen molar-refractivity contribution in [2.45, 2.75) is 39.3 Å². The molecule has 2 aliphatic rings. The standard InChI is InChI=1S/C28H31FN6O3/c1-3-17-11-25(36)21(29)12-20(17)18-4-5-19-23(10-18)32-33-27(19)28-30-22-6-7-35(14-24(22)31-28)26(37)15-34-8-9-38-16(2)13-34/h4-5,10-12,16,36H,3,6-9,13-15H2,1-2H3,(H,30,31)(H,32,33). The van der Waals surface area contributed by atoms with Crippen LogP contribution in [0.1, 0.15) is 30.8 Å². The summed E-state index contributed by atoms with van der Waals surface area (Å²) in [5.41, 5.74) is 5.85. The van der Waals surface area contributed by atoms with Crippen molar-refractivity contribution in [3.63, 3.8) is 0 Å². The van der Waals surface area contributed by atoms with Crippen molar-refractivity contribution in [1.82, 2.24) is 30.0 Å². The number of aromatic amines is 2. The highest BCUT2D eigenvalue weighted by molar-refractivity contribution is 5.94. The lowest BCUT2D eigenvalue weighted by Crippen LogP contribution is -2.48. The number of hydrogen-bond acceptors (Lipinski definition) is 6. The number of fused-ring (bicyclic) bond motifs is 2. The topological polar surface area (TPSA) is 110 Å². The first-order valence-corrected chi connectivity index (χ1v) is 13.1. The maximum Gasteiger partial charge on any atom is 0.237 e. The van der Waals surface area contributed by atoms with Crippen LogP contribution in [0.5, 0.6) is 5.75 Å². The Kier molecular flexibility index (Phi) is 6.37. The van der Waals surface area contributed by atoms with E-state index in [1.165, 1.54) is 12.1 Å². The number of carbonyl (C=O) groups is 1. The van der Waals surface area contributed by atoms with E-state index in [-0.39, 0.29) is 17.8 Å². The van der Waals surface area contributed by atoms with Crippen molar-refractivity contribution in [1.29, 1.82) is 0 Å². The number of aromatic hydroxyl groups is 1. The highest BCUT2D eigenvalue weighted by Crippen LogP contribution is 2.34. The second kappa shape index (κ2) is 9.85. The predicted molar refractivity (Wildman–Crippen MR) is 141 cm³/mol. The molecule has 198 valence electrons. The second-order valence-corrected chi connectivity index (χ2v) is 10.1. The van der Waals surface area contributed by atoms with Crippen molar-refractivity contribution in [3.05, 3.63) is 53.1 Å². The molecule has 2 aliphatic heterocycles. The van der Waals surface area contributed by atoms with Gasteiger partial charge in [-0.3, -0.25) is 14.8 Å². The van der Waals surface area contributed by atoms with E-state index in [1.54, 1.807) is 0 Å². The van der Waals surface area contributed by atoms with E-state index in [4.69, 9.17) is 9.72 Å². The molecule has 0 aliphatic carbocycles. The number of ether oxygens (including phenoxy) is 1. The van der Waals surface area contributed by atoms with Gasteiger partial charge in [0.2, 0.25) is 5.91 Å². The zero-order valence-electron chi connectivity index (χ0n) is 21.6. The van der Waals surface area contributed by atoms with Gasteiger partial charge < -0.3 is 19.7 Å². The van der Waals surface area contributed by atoms with Gasteiger partial charge in [0.25, 0.3) is 0 Å². The number of amides is 1. The molecule has 10 heteroatoms. The summed E-state index contributed by atoms with van der Waals surface area (Å²) in [6.07, 6.45) is 1.50. The summed E-state index contributed by atoms with van der Waals surface area (Å²) in [6.45, 7) is 7.76. The van der Waals surface area contributed by atoms with Gasteiger partial charge in [0.1, 0.15) is 5.69 Å².